The molecular weight excluding hydrogens is 270 g/mol. The molecular formula is C13H12ClNO2S. The van der Waals surface area contributed by atoms with E-state index in [4.69, 9.17) is 16.3 Å². The second-order valence-electron chi connectivity index (χ2n) is 3.64. The molecule has 0 fully saturated rings. The van der Waals surface area contributed by atoms with E-state index < -0.39 is 0 Å². The minimum atomic E-state index is -0.386. The molecule has 0 radical (unpaired) electrons. The zero-order chi connectivity index (χ0) is 13.1. The van der Waals surface area contributed by atoms with Gasteiger partial charge in [0.1, 0.15) is 5.01 Å². The third kappa shape index (κ3) is 2.54. The van der Waals surface area contributed by atoms with E-state index in [1.54, 1.807) is 0 Å². The molecule has 0 aliphatic carbocycles. The highest BCUT2D eigenvalue weighted by molar-refractivity contribution is 7.15. The highest BCUT2D eigenvalue weighted by Gasteiger charge is 2.18. The van der Waals surface area contributed by atoms with Gasteiger partial charge in [-0.05, 0) is 18.6 Å². The first-order valence-electron chi connectivity index (χ1n) is 5.49. The molecule has 2 aromatic rings. The molecule has 0 unspecified atom stereocenters. The zero-order valence-electron chi connectivity index (χ0n) is 10.1. The minimum Gasteiger partial charge on any atom is -0.464 e. The molecule has 3 nitrogen and oxygen atoms in total. The van der Waals surface area contributed by atoms with Crippen molar-refractivity contribution in [2.75, 3.05) is 7.11 Å². The number of ether oxygens (including phenoxy) is 1. The lowest BCUT2D eigenvalue weighted by Crippen LogP contribution is -2.04. The van der Waals surface area contributed by atoms with Crippen LogP contribution >= 0.6 is 22.9 Å². The lowest BCUT2D eigenvalue weighted by atomic mass is 10.2. The summed E-state index contributed by atoms with van der Waals surface area (Å²) >= 11 is 7.35. The summed E-state index contributed by atoms with van der Waals surface area (Å²) in [5, 5.41) is 1.49. The summed E-state index contributed by atoms with van der Waals surface area (Å²) in [6.45, 7) is 1.99. The van der Waals surface area contributed by atoms with Crippen molar-refractivity contribution < 1.29 is 9.53 Å². The molecule has 1 aromatic carbocycles. The van der Waals surface area contributed by atoms with Crippen molar-refractivity contribution >= 4 is 28.9 Å². The molecule has 0 saturated carbocycles. The van der Waals surface area contributed by atoms with Crippen LogP contribution in [0.5, 0.6) is 0 Å². The van der Waals surface area contributed by atoms with Crippen LogP contribution in [-0.4, -0.2) is 18.1 Å². The number of hydrogen-bond acceptors (Lipinski definition) is 4. The fourth-order valence-corrected chi connectivity index (χ4v) is 2.68. The quantitative estimate of drug-likeness (QED) is 0.803. The van der Waals surface area contributed by atoms with Crippen molar-refractivity contribution in [3.05, 3.63) is 39.9 Å². The van der Waals surface area contributed by atoms with Crippen molar-refractivity contribution in [3.8, 4) is 10.6 Å². The maximum absolute atomic E-state index is 11.6. The van der Waals surface area contributed by atoms with E-state index in [1.165, 1.54) is 18.4 Å². The highest BCUT2D eigenvalue weighted by Crippen LogP contribution is 2.29. The van der Waals surface area contributed by atoms with Crippen LogP contribution in [0.4, 0.5) is 0 Å². The molecule has 0 saturated heterocycles. The molecule has 2 rings (SSSR count). The third-order valence-corrected chi connectivity index (χ3v) is 3.99. The van der Waals surface area contributed by atoms with Crippen LogP contribution in [0.25, 0.3) is 10.6 Å². The molecule has 94 valence electrons. The normalized spacial score (nSPS) is 10.4. The number of carbonyl (C=O) groups is 1. The summed E-state index contributed by atoms with van der Waals surface area (Å²) in [6.07, 6.45) is 0.760. The summed E-state index contributed by atoms with van der Waals surface area (Å²) in [5.41, 5.74) is 1.37. The van der Waals surface area contributed by atoms with Crippen LogP contribution in [0.3, 0.4) is 0 Å². The van der Waals surface area contributed by atoms with Gasteiger partial charge in [0.25, 0.3) is 0 Å². The van der Waals surface area contributed by atoms with E-state index in [9.17, 15) is 4.79 Å². The maximum atomic E-state index is 11.6. The molecule has 0 amide bonds. The Morgan fingerprint density at radius 2 is 2.06 bits per heavy atom. The number of rotatable bonds is 3. The molecule has 18 heavy (non-hydrogen) atoms. The largest absolute Gasteiger partial charge is 0.464 e. The first kappa shape index (κ1) is 13.1. The van der Waals surface area contributed by atoms with Crippen molar-refractivity contribution in [1.82, 2.24) is 4.98 Å². The van der Waals surface area contributed by atoms with Gasteiger partial charge in [-0.2, -0.15) is 0 Å². The topological polar surface area (TPSA) is 39.2 Å². The number of halogens is 1. The first-order valence-corrected chi connectivity index (χ1v) is 6.69. The maximum Gasteiger partial charge on any atom is 0.357 e. The van der Waals surface area contributed by atoms with Crippen LogP contribution in [-0.2, 0) is 11.2 Å². The smallest absolute Gasteiger partial charge is 0.357 e. The number of nitrogens with zero attached hydrogens (tertiary/aromatic N) is 1. The van der Waals surface area contributed by atoms with Gasteiger partial charge in [-0.15, -0.1) is 11.3 Å². The number of hydrogen-bond donors (Lipinski definition) is 0. The SMILES string of the molecule is CCc1sc(-c2ccc(Cl)cc2)nc1C(=O)OC. The lowest BCUT2D eigenvalue weighted by Gasteiger charge is -1.96. The van der Waals surface area contributed by atoms with Crippen LogP contribution in [0.2, 0.25) is 5.02 Å². The molecule has 5 heteroatoms. The van der Waals surface area contributed by atoms with Crippen molar-refractivity contribution in [2.24, 2.45) is 0 Å². The van der Waals surface area contributed by atoms with Crippen LogP contribution in [0.15, 0.2) is 24.3 Å². The van der Waals surface area contributed by atoms with E-state index in [-0.39, 0.29) is 5.97 Å². The van der Waals surface area contributed by atoms with Gasteiger partial charge < -0.3 is 4.74 Å². The Kier molecular flexibility index (Phi) is 3.99. The highest BCUT2D eigenvalue weighted by atomic mass is 35.5. The van der Waals surface area contributed by atoms with Crippen LogP contribution in [0, 0.1) is 0 Å². The summed E-state index contributed by atoms with van der Waals surface area (Å²) in [4.78, 5) is 16.9. The van der Waals surface area contributed by atoms with Gasteiger partial charge in [0.2, 0.25) is 0 Å². The molecule has 0 N–H and O–H groups in total. The predicted octanol–water partition coefficient (Wildman–Crippen LogP) is 3.81. The molecule has 0 bridgehead atoms. The monoisotopic (exact) mass is 281 g/mol. The number of aromatic nitrogens is 1. The van der Waals surface area contributed by atoms with Crippen LogP contribution < -0.4 is 0 Å². The Hall–Kier alpha value is -1.39. The Labute approximate surface area is 114 Å². The second kappa shape index (κ2) is 5.50. The van der Waals surface area contributed by atoms with Gasteiger partial charge >= 0.3 is 5.97 Å². The summed E-state index contributed by atoms with van der Waals surface area (Å²) in [5.74, 6) is -0.386. The average Bonchev–Trinajstić information content (AvgIpc) is 2.82. The fourth-order valence-electron chi connectivity index (χ4n) is 1.56. The minimum absolute atomic E-state index is 0.386. The van der Waals surface area contributed by atoms with Crippen molar-refractivity contribution in [3.63, 3.8) is 0 Å². The summed E-state index contributed by atoms with van der Waals surface area (Å²) < 4.78 is 4.73. The number of benzene rings is 1. The number of thiazole rings is 1. The Balaban J connectivity index is 2.43. The Bertz CT molecular complexity index is 563. The molecule has 0 atom stereocenters. The third-order valence-electron chi connectivity index (χ3n) is 2.49. The second-order valence-corrected chi connectivity index (χ2v) is 5.16. The van der Waals surface area contributed by atoms with E-state index in [0.717, 1.165) is 21.9 Å². The molecule has 1 heterocycles. The molecule has 0 aliphatic rings. The lowest BCUT2D eigenvalue weighted by molar-refractivity contribution is 0.0594. The molecule has 1 aromatic heterocycles. The number of esters is 1. The Morgan fingerprint density at radius 3 is 2.61 bits per heavy atom. The standard InChI is InChI=1S/C13H12ClNO2S/c1-3-10-11(13(16)17-2)15-12(18-10)8-4-6-9(14)7-5-8/h4-7H,3H2,1-2H3. The number of aryl methyl sites for hydroxylation is 1. The van der Waals surface area contributed by atoms with Crippen LogP contribution in [0.1, 0.15) is 22.3 Å². The number of methoxy groups -OCH3 is 1. The summed E-state index contributed by atoms with van der Waals surface area (Å²) in [7, 11) is 1.36. The van der Waals surface area contributed by atoms with Gasteiger partial charge in [0.15, 0.2) is 5.69 Å². The van der Waals surface area contributed by atoms with Gasteiger partial charge in [0, 0.05) is 15.5 Å². The van der Waals surface area contributed by atoms with Gasteiger partial charge in [-0.3, -0.25) is 0 Å². The van der Waals surface area contributed by atoms with E-state index in [2.05, 4.69) is 4.98 Å². The zero-order valence-corrected chi connectivity index (χ0v) is 11.6. The number of carbonyl (C=O) groups excluding carboxylic acids is 1. The van der Waals surface area contributed by atoms with E-state index >= 15 is 0 Å². The van der Waals surface area contributed by atoms with Crippen molar-refractivity contribution in [2.45, 2.75) is 13.3 Å². The molecule has 0 aliphatic heterocycles. The fraction of sp³-hybridized carbons (Fsp3) is 0.231. The van der Waals surface area contributed by atoms with E-state index in [1.807, 2.05) is 31.2 Å². The van der Waals surface area contributed by atoms with Gasteiger partial charge in [-0.1, -0.05) is 30.7 Å². The first-order chi connectivity index (χ1) is 8.65. The average molecular weight is 282 g/mol. The van der Waals surface area contributed by atoms with Gasteiger partial charge in [-0.25, -0.2) is 9.78 Å². The van der Waals surface area contributed by atoms with Crippen molar-refractivity contribution in [1.29, 1.82) is 0 Å². The predicted molar refractivity (Wildman–Crippen MR) is 73.3 cm³/mol. The molecule has 0 spiro atoms. The van der Waals surface area contributed by atoms with Gasteiger partial charge in [0.05, 0.1) is 7.11 Å². The van der Waals surface area contributed by atoms with E-state index in [0.29, 0.717) is 10.7 Å². The Morgan fingerprint density at radius 1 is 1.39 bits per heavy atom. The summed E-state index contributed by atoms with van der Waals surface area (Å²) in [6, 6.07) is 7.40.